The van der Waals surface area contributed by atoms with Gasteiger partial charge in [0.1, 0.15) is 11.6 Å². The number of aromatic amines is 1. The van der Waals surface area contributed by atoms with Gasteiger partial charge in [-0.25, -0.2) is 0 Å². The zero-order valence-electron chi connectivity index (χ0n) is 10.7. The van der Waals surface area contributed by atoms with Crippen LogP contribution in [0.2, 0.25) is 0 Å². The second kappa shape index (κ2) is 4.22. The SMILES string of the molecule is Cc1ccc2ccc3c(C#N)cc(C#N)c(=O)c3c2[nH]1. The standard InChI is InChI=1S/C16H9N3O/c1-9-2-3-10-4-5-13-11(7-17)6-12(8-18)16(20)14(13)15(10)19-9/h2-6,19H,1H3. The lowest BCUT2D eigenvalue weighted by atomic mass is 9.98. The van der Waals surface area contributed by atoms with E-state index in [0.717, 1.165) is 11.1 Å². The molecule has 0 aliphatic heterocycles. The first-order valence-corrected chi connectivity index (χ1v) is 6.05. The number of hydrogen-bond acceptors (Lipinski definition) is 3. The van der Waals surface area contributed by atoms with Gasteiger partial charge >= 0.3 is 0 Å². The summed E-state index contributed by atoms with van der Waals surface area (Å²) in [6.45, 7) is 1.89. The summed E-state index contributed by atoms with van der Waals surface area (Å²) >= 11 is 0. The lowest BCUT2D eigenvalue weighted by molar-refractivity contribution is 1.26. The molecular formula is C16H9N3O. The van der Waals surface area contributed by atoms with Crippen molar-refractivity contribution in [3.8, 4) is 12.1 Å². The summed E-state index contributed by atoms with van der Waals surface area (Å²) in [6, 6.07) is 12.7. The normalized spacial score (nSPS) is 10.3. The number of nitrogens with zero attached hydrogens (tertiary/aromatic N) is 2. The molecule has 3 rings (SSSR count). The van der Waals surface area contributed by atoms with Crippen molar-refractivity contribution in [3.05, 3.63) is 57.4 Å². The fourth-order valence-electron chi connectivity index (χ4n) is 2.40. The molecule has 0 spiro atoms. The Morgan fingerprint density at radius 3 is 2.45 bits per heavy atom. The van der Waals surface area contributed by atoms with Crippen LogP contribution in [0.3, 0.4) is 0 Å². The fourth-order valence-corrected chi connectivity index (χ4v) is 2.40. The van der Waals surface area contributed by atoms with Crippen LogP contribution in [0.5, 0.6) is 0 Å². The Hall–Kier alpha value is -3.11. The van der Waals surface area contributed by atoms with Crippen molar-refractivity contribution in [1.29, 1.82) is 10.5 Å². The number of pyridine rings is 1. The molecule has 0 saturated carbocycles. The van der Waals surface area contributed by atoms with Gasteiger partial charge in [0.15, 0.2) is 0 Å². The Kier molecular flexibility index (Phi) is 2.52. The van der Waals surface area contributed by atoms with E-state index in [1.165, 1.54) is 6.07 Å². The van der Waals surface area contributed by atoms with Crippen molar-refractivity contribution in [2.45, 2.75) is 6.92 Å². The number of H-pyrrole nitrogens is 1. The van der Waals surface area contributed by atoms with E-state index in [1.807, 2.05) is 37.3 Å². The summed E-state index contributed by atoms with van der Waals surface area (Å²) < 4.78 is 0. The Labute approximate surface area is 114 Å². The predicted octanol–water partition coefficient (Wildman–Crippen LogP) is 2.73. The minimum Gasteiger partial charge on any atom is -0.358 e. The van der Waals surface area contributed by atoms with Gasteiger partial charge < -0.3 is 4.98 Å². The molecule has 1 aromatic heterocycles. The van der Waals surface area contributed by atoms with Gasteiger partial charge in [-0.3, -0.25) is 4.79 Å². The molecule has 4 heteroatoms. The summed E-state index contributed by atoms with van der Waals surface area (Å²) in [5.74, 6) is 0. The quantitative estimate of drug-likeness (QED) is 0.630. The molecule has 3 aromatic rings. The van der Waals surface area contributed by atoms with E-state index in [4.69, 9.17) is 5.26 Å². The fraction of sp³-hybridized carbons (Fsp3) is 0.0625. The first-order chi connectivity index (χ1) is 9.65. The zero-order chi connectivity index (χ0) is 14.3. The summed E-state index contributed by atoms with van der Waals surface area (Å²) in [4.78, 5) is 15.6. The van der Waals surface area contributed by atoms with E-state index in [9.17, 15) is 10.1 Å². The van der Waals surface area contributed by atoms with Gasteiger partial charge in [0.05, 0.1) is 22.5 Å². The Balaban J connectivity index is 2.70. The number of rotatable bonds is 0. The number of aryl methyl sites for hydroxylation is 1. The van der Waals surface area contributed by atoms with E-state index in [-0.39, 0.29) is 11.0 Å². The molecule has 94 valence electrons. The number of aromatic nitrogens is 1. The average molecular weight is 259 g/mol. The topological polar surface area (TPSA) is 80.4 Å². The highest BCUT2D eigenvalue weighted by Crippen LogP contribution is 2.24. The van der Waals surface area contributed by atoms with Crippen molar-refractivity contribution in [2.24, 2.45) is 0 Å². The lowest BCUT2D eigenvalue weighted by Crippen LogP contribution is -2.08. The second-order valence-corrected chi connectivity index (χ2v) is 4.62. The van der Waals surface area contributed by atoms with Crippen LogP contribution in [0.4, 0.5) is 0 Å². The van der Waals surface area contributed by atoms with E-state index in [2.05, 4.69) is 4.98 Å². The molecule has 1 N–H and O–H groups in total. The molecule has 0 fully saturated rings. The highest BCUT2D eigenvalue weighted by molar-refractivity contribution is 6.07. The smallest absolute Gasteiger partial charge is 0.206 e. The van der Waals surface area contributed by atoms with E-state index in [1.54, 1.807) is 6.07 Å². The molecule has 0 atom stereocenters. The summed E-state index contributed by atoms with van der Waals surface area (Å²) in [6.07, 6.45) is 0. The minimum atomic E-state index is -0.339. The van der Waals surface area contributed by atoms with Crippen LogP contribution in [0, 0.1) is 29.6 Å². The molecule has 0 aliphatic carbocycles. The van der Waals surface area contributed by atoms with Crippen LogP contribution in [0.25, 0.3) is 21.7 Å². The lowest BCUT2D eigenvalue weighted by Gasteiger charge is -2.06. The van der Waals surface area contributed by atoms with Gasteiger partial charge in [0.2, 0.25) is 5.43 Å². The number of nitriles is 2. The molecule has 1 heterocycles. The number of benzene rings is 2. The van der Waals surface area contributed by atoms with Crippen molar-refractivity contribution < 1.29 is 0 Å². The molecule has 0 aliphatic rings. The maximum Gasteiger partial charge on any atom is 0.206 e. The van der Waals surface area contributed by atoms with Crippen LogP contribution >= 0.6 is 0 Å². The van der Waals surface area contributed by atoms with Gasteiger partial charge in [-0.05, 0) is 24.4 Å². The van der Waals surface area contributed by atoms with Crippen molar-refractivity contribution in [1.82, 2.24) is 4.98 Å². The monoisotopic (exact) mass is 259 g/mol. The molecule has 20 heavy (non-hydrogen) atoms. The molecule has 0 unspecified atom stereocenters. The molecule has 4 nitrogen and oxygen atoms in total. The summed E-state index contributed by atoms with van der Waals surface area (Å²) in [5.41, 5.74) is 1.57. The van der Waals surface area contributed by atoms with Crippen molar-refractivity contribution in [2.75, 3.05) is 0 Å². The summed E-state index contributed by atoms with van der Waals surface area (Å²) in [7, 11) is 0. The number of nitrogens with one attached hydrogen (secondary N) is 1. The van der Waals surface area contributed by atoms with E-state index < -0.39 is 0 Å². The predicted molar refractivity (Wildman–Crippen MR) is 76.2 cm³/mol. The first kappa shape index (κ1) is 12.0. The maximum atomic E-state index is 12.4. The third kappa shape index (κ3) is 1.56. The van der Waals surface area contributed by atoms with E-state index in [0.29, 0.717) is 21.9 Å². The number of fused-ring (bicyclic) bond motifs is 3. The molecule has 0 bridgehead atoms. The molecule has 0 radical (unpaired) electrons. The third-order valence-corrected chi connectivity index (χ3v) is 3.36. The Morgan fingerprint density at radius 2 is 1.75 bits per heavy atom. The zero-order valence-corrected chi connectivity index (χ0v) is 10.7. The Bertz CT molecular complexity index is 1000. The highest BCUT2D eigenvalue weighted by Gasteiger charge is 2.13. The minimum absolute atomic E-state index is 0.00328. The highest BCUT2D eigenvalue weighted by atomic mass is 16.1. The van der Waals surface area contributed by atoms with Gasteiger partial charge in [-0.1, -0.05) is 18.2 Å². The van der Waals surface area contributed by atoms with Gasteiger partial charge in [0.25, 0.3) is 0 Å². The number of hydrogen-bond donors (Lipinski definition) is 1. The average Bonchev–Trinajstić information content (AvgIpc) is 2.47. The second-order valence-electron chi connectivity index (χ2n) is 4.62. The van der Waals surface area contributed by atoms with Gasteiger partial charge in [-0.2, -0.15) is 10.5 Å². The molecule has 0 saturated heterocycles. The van der Waals surface area contributed by atoms with Crippen LogP contribution in [0.15, 0.2) is 35.1 Å². The largest absolute Gasteiger partial charge is 0.358 e. The van der Waals surface area contributed by atoms with Gasteiger partial charge in [-0.15, -0.1) is 0 Å². The van der Waals surface area contributed by atoms with Crippen molar-refractivity contribution >= 4 is 21.7 Å². The van der Waals surface area contributed by atoms with Gasteiger partial charge in [0, 0.05) is 11.1 Å². The van der Waals surface area contributed by atoms with Crippen LogP contribution in [0.1, 0.15) is 16.8 Å². The van der Waals surface area contributed by atoms with Crippen LogP contribution in [-0.4, -0.2) is 4.98 Å². The van der Waals surface area contributed by atoms with Crippen molar-refractivity contribution in [3.63, 3.8) is 0 Å². The Morgan fingerprint density at radius 1 is 1.05 bits per heavy atom. The van der Waals surface area contributed by atoms with E-state index >= 15 is 0 Å². The molecule has 2 aromatic carbocycles. The first-order valence-electron chi connectivity index (χ1n) is 6.05. The summed E-state index contributed by atoms with van der Waals surface area (Å²) in [5, 5.41) is 20.1. The molecule has 0 amide bonds. The van der Waals surface area contributed by atoms with Crippen LogP contribution in [-0.2, 0) is 0 Å². The maximum absolute atomic E-state index is 12.4. The van der Waals surface area contributed by atoms with Crippen LogP contribution < -0.4 is 5.43 Å². The third-order valence-electron chi connectivity index (χ3n) is 3.36. The molecular weight excluding hydrogens is 250 g/mol.